The van der Waals surface area contributed by atoms with Gasteiger partial charge in [-0.1, -0.05) is 24.6 Å². The number of hydrogen-bond acceptors (Lipinski definition) is 3. The number of likely N-dealkylation sites (tertiary alicyclic amines) is 1. The van der Waals surface area contributed by atoms with E-state index < -0.39 is 0 Å². The second-order valence-electron chi connectivity index (χ2n) is 5.17. The molecule has 19 heavy (non-hydrogen) atoms. The minimum atomic E-state index is -0.189. The van der Waals surface area contributed by atoms with Crippen molar-refractivity contribution in [1.82, 2.24) is 4.90 Å². The third-order valence-corrected chi connectivity index (χ3v) is 4.02. The third kappa shape index (κ3) is 3.32. The van der Waals surface area contributed by atoms with Crippen molar-refractivity contribution in [3.63, 3.8) is 0 Å². The zero-order chi connectivity index (χ0) is 13.7. The molecule has 3 nitrogen and oxygen atoms in total. The lowest BCUT2D eigenvalue weighted by molar-refractivity contribution is 0.0767. The quantitative estimate of drug-likeness (QED) is 0.857. The van der Waals surface area contributed by atoms with Gasteiger partial charge in [0.15, 0.2) is 0 Å². The second-order valence-corrected chi connectivity index (χ2v) is 5.17. The van der Waals surface area contributed by atoms with Gasteiger partial charge >= 0.3 is 0 Å². The van der Waals surface area contributed by atoms with E-state index in [4.69, 9.17) is 5.73 Å². The first-order valence-electron chi connectivity index (χ1n) is 7.09. The molecule has 2 unspecified atom stereocenters. The van der Waals surface area contributed by atoms with E-state index in [-0.39, 0.29) is 18.5 Å². The Morgan fingerprint density at radius 1 is 1.37 bits per heavy atom. The molecule has 0 bridgehead atoms. The van der Waals surface area contributed by atoms with Gasteiger partial charge in [-0.2, -0.15) is 0 Å². The molecule has 1 heterocycles. The molecule has 1 aliphatic rings. The third-order valence-electron chi connectivity index (χ3n) is 4.02. The van der Waals surface area contributed by atoms with Crippen molar-refractivity contribution in [3.8, 4) is 0 Å². The Kier molecular flexibility index (Phi) is 5.31. The van der Waals surface area contributed by atoms with Gasteiger partial charge in [0.1, 0.15) is 5.82 Å². The molecule has 0 radical (unpaired) electrons. The average Bonchev–Trinajstić information content (AvgIpc) is 2.44. The summed E-state index contributed by atoms with van der Waals surface area (Å²) in [5.41, 5.74) is 6.57. The monoisotopic (exact) mass is 266 g/mol. The Balaban J connectivity index is 2.22. The van der Waals surface area contributed by atoms with E-state index in [1.807, 2.05) is 12.1 Å². The first-order valence-corrected chi connectivity index (χ1v) is 7.09. The van der Waals surface area contributed by atoms with Gasteiger partial charge in [-0.15, -0.1) is 0 Å². The van der Waals surface area contributed by atoms with E-state index in [0.717, 1.165) is 25.8 Å². The van der Waals surface area contributed by atoms with Gasteiger partial charge in [-0.05, 0) is 31.9 Å². The molecular formula is C15H23FN2O. The second kappa shape index (κ2) is 6.98. The smallest absolute Gasteiger partial charge is 0.128 e. The van der Waals surface area contributed by atoms with Gasteiger partial charge in [0.05, 0.1) is 6.04 Å². The number of aliphatic hydroxyl groups is 1. The van der Waals surface area contributed by atoms with Crippen molar-refractivity contribution >= 4 is 0 Å². The molecule has 1 aromatic rings. The summed E-state index contributed by atoms with van der Waals surface area (Å²) >= 11 is 0. The molecular weight excluding hydrogens is 243 g/mol. The van der Waals surface area contributed by atoms with Crippen LogP contribution in [0.1, 0.15) is 37.3 Å². The number of benzene rings is 1. The van der Waals surface area contributed by atoms with Crippen molar-refractivity contribution in [2.75, 3.05) is 19.7 Å². The predicted molar refractivity (Wildman–Crippen MR) is 74.2 cm³/mol. The molecule has 106 valence electrons. The van der Waals surface area contributed by atoms with E-state index in [1.165, 1.54) is 12.5 Å². The summed E-state index contributed by atoms with van der Waals surface area (Å²) in [7, 11) is 0. The maximum atomic E-state index is 14.0. The maximum Gasteiger partial charge on any atom is 0.128 e. The number of nitrogens with zero attached hydrogens (tertiary/aromatic N) is 1. The molecule has 1 fully saturated rings. The van der Waals surface area contributed by atoms with Crippen molar-refractivity contribution in [2.24, 2.45) is 5.73 Å². The first-order chi connectivity index (χ1) is 9.27. The average molecular weight is 266 g/mol. The lowest BCUT2D eigenvalue weighted by atomic mass is 9.94. The molecule has 0 spiro atoms. The molecule has 3 N–H and O–H groups in total. The van der Waals surface area contributed by atoms with Crippen molar-refractivity contribution in [1.29, 1.82) is 0 Å². The molecule has 1 saturated heterocycles. The highest BCUT2D eigenvalue weighted by Gasteiger charge is 2.29. The largest absolute Gasteiger partial charge is 0.396 e. The van der Waals surface area contributed by atoms with Crippen LogP contribution in [0.5, 0.6) is 0 Å². The summed E-state index contributed by atoms with van der Waals surface area (Å²) in [6, 6.07) is 7.09. The Labute approximate surface area is 114 Å². The van der Waals surface area contributed by atoms with Gasteiger partial charge in [-0.3, -0.25) is 4.90 Å². The molecule has 0 amide bonds. The summed E-state index contributed by atoms with van der Waals surface area (Å²) in [6.45, 7) is 1.51. The SMILES string of the molecule is NCC(c1ccccc1F)N1CCCCC1CCO. The Morgan fingerprint density at radius 3 is 2.84 bits per heavy atom. The van der Waals surface area contributed by atoms with Crippen LogP contribution in [0, 0.1) is 5.82 Å². The van der Waals surface area contributed by atoms with Crippen molar-refractivity contribution in [3.05, 3.63) is 35.6 Å². The number of piperidine rings is 1. The van der Waals surface area contributed by atoms with Crippen molar-refractivity contribution < 1.29 is 9.50 Å². The van der Waals surface area contributed by atoms with Crippen LogP contribution in [0.3, 0.4) is 0 Å². The maximum absolute atomic E-state index is 14.0. The molecule has 0 aliphatic carbocycles. The summed E-state index contributed by atoms with van der Waals surface area (Å²) in [5, 5.41) is 9.18. The number of hydrogen-bond donors (Lipinski definition) is 2. The predicted octanol–water partition coefficient (Wildman–Crippen LogP) is 2.06. The highest BCUT2D eigenvalue weighted by atomic mass is 19.1. The van der Waals surface area contributed by atoms with Gasteiger partial charge in [-0.25, -0.2) is 4.39 Å². The molecule has 2 atom stereocenters. The van der Waals surface area contributed by atoms with Gasteiger partial charge in [0, 0.05) is 24.8 Å². The number of rotatable bonds is 5. The van der Waals surface area contributed by atoms with Crippen LogP contribution >= 0.6 is 0 Å². The summed E-state index contributed by atoms with van der Waals surface area (Å²) in [6.07, 6.45) is 4.10. The lowest BCUT2D eigenvalue weighted by Crippen LogP contribution is -2.45. The Hall–Kier alpha value is -0.970. The molecule has 1 aliphatic heterocycles. The molecule has 0 saturated carbocycles. The van der Waals surface area contributed by atoms with Crippen LogP contribution in [0.4, 0.5) is 4.39 Å². The zero-order valence-electron chi connectivity index (χ0n) is 11.3. The summed E-state index contributed by atoms with van der Waals surface area (Å²) in [4.78, 5) is 2.28. The Morgan fingerprint density at radius 2 is 2.16 bits per heavy atom. The van der Waals surface area contributed by atoms with Crippen LogP contribution in [0.15, 0.2) is 24.3 Å². The van der Waals surface area contributed by atoms with E-state index in [0.29, 0.717) is 18.2 Å². The lowest BCUT2D eigenvalue weighted by Gasteiger charge is -2.41. The van der Waals surface area contributed by atoms with Crippen LogP contribution in [-0.4, -0.2) is 35.7 Å². The van der Waals surface area contributed by atoms with E-state index in [9.17, 15) is 9.50 Å². The fraction of sp³-hybridized carbons (Fsp3) is 0.600. The standard InChI is InChI=1S/C15H23FN2O/c16-14-7-2-1-6-13(14)15(11-17)18-9-4-3-5-12(18)8-10-19/h1-2,6-7,12,15,19H,3-5,8-11,17H2. The minimum absolute atomic E-state index is 0.0851. The summed E-state index contributed by atoms with van der Waals surface area (Å²) < 4.78 is 14.0. The fourth-order valence-corrected chi connectivity index (χ4v) is 3.08. The number of halogens is 1. The topological polar surface area (TPSA) is 49.5 Å². The number of nitrogens with two attached hydrogens (primary N) is 1. The minimum Gasteiger partial charge on any atom is -0.396 e. The van der Waals surface area contributed by atoms with Crippen LogP contribution < -0.4 is 5.73 Å². The molecule has 4 heteroatoms. The highest BCUT2D eigenvalue weighted by Crippen LogP contribution is 2.30. The molecule has 1 aromatic carbocycles. The van der Waals surface area contributed by atoms with Gasteiger partial charge < -0.3 is 10.8 Å². The van der Waals surface area contributed by atoms with Crippen LogP contribution in [-0.2, 0) is 0 Å². The first kappa shape index (κ1) is 14.4. The zero-order valence-corrected chi connectivity index (χ0v) is 11.3. The van der Waals surface area contributed by atoms with E-state index in [1.54, 1.807) is 6.07 Å². The van der Waals surface area contributed by atoms with Crippen LogP contribution in [0.2, 0.25) is 0 Å². The Bertz CT molecular complexity index is 397. The van der Waals surface area contributed by atoms with Crippen LogP contribution in [0.25, 0.3) is 0 Å². The highest BCUT2D eigenvalue weighted by molar-refractivity contribution is 5.22. The fourth-order valence-electron chi connectivity index (χ4n) is 3.08. The molecule has 0 aromatic heterocycles. The summed E-state index contributed by atoms with van der Waals surface area (Å²) in [5.74, 6) is -0.189. The normalized spacial score (nSPS) is 22.4. The van der Waals surface area contributed by atoms with Crippen molar-refractivity contribution in [2.45, 2.75) is 37.8 Å². The van der Waals surface area contributed by atoms with E-state index >= 15 is 0 Å². The van der Waals surface area contributed by atoms with E-state index in [2.05, 4.69) is 4.90 Å². The van der Waals surface area contributed by atoms with Gasteiger partial charge in [0.25, 0.3) is 0 Å². The van der Waals surface area contributed by atoms with Gasteiger partial charge in [0.2, 0.25) is 0 Å². The number of aliphatic hydroxyl groups excluding tert-OH is 1. The molecule has 2 rings (SSSR count).